The van der Waals surface area contributed by atoms with E-state index in [1.807, 2.05) is 48.5 Å². The summed E-state index contributed by atoms with van der Waals surface area (Å²) in [5, 5.41) is 0.633. The molecule has 1 saturated heterocycles. The highest BCUT2D eigenvalue weighted by Crippen LogP contribution is 2.69. The lowest BCUT2D eigenvalue weighted by Gasteiger charge is -2.43. The Balaban J connectivity index is 1.16. The van der Waals surface area contributed by atoms with E-state index >= 15 is 0 Å². The number of aromatic amines is 1. The highest BCUT2D eigenvalue weighted by atomic mass is 32.2. The molecule has 3 heterocycles. The molecule has 12 heteroatoms. The van der Waals surface area contributed by atoms with E-state index in [0.717, 1.165) is 43.3 Å². The van der Waals surface area contributed by atoms with E-state index in [2.05, 4.69) is 4.98 Å². The lowest BCUT2D eigenvalue weighted by molar-refractivity contribution is -0.137. The number of rotatable bonds is 6. The summed E-state index contributed by atoms with van der Waals surface area (Å²) in [4.78, 5) is 44.9. The van der Waals surface area contributed by atoms with Gasteiger partial charge in [-0.3, -0.25) is 14.4 Å². The lowest BCUT2D eigenvalue weighted by atomic mass is 9.68. The zero-order chi connectivity index (χ0) is 31.9. The molecule has 8 rings (SSSR count). The number of halogens is 3. The quantitative estimate of drug-likeness (QED) is 0.230. The maximum Gasteiger partial charge on any atom is 0.418 e. The number of imide groups is 1. The Morgan fingerprint density at radius 3 is 2.37 bits per heavy atom. The first-order valence-corrected chi connectivity index (χ1v) is 16.6. The Bertz CT molecular complexity index is 1930. The predicted molar refractivity (Wildman–Crippen MR) is 166 cm³/mol. The van der Waals surface area contributed by atoms with Crippen LogP contribution >= 0.6 is 23.1 Å². The molecule has 4 aromatic rings. The number of benzene rings is 3. The Labute approximate surface area is 269 Å². The third kappa shape index (κ3) is 4.44. The van der Waals surface area contributed by atoms with Gasteiger partial charge in [0, 0.05) is 16.0 Å². The number of ether oxygens (including phenoxy) is 2. The van der Waals surface area contributed by atoms with Gasteiger partial charge in [-0.2, -0.15) is 13.2 Å². The fraction of sp³-hybridized carbons (Fsp3) is 0.324. The van der Waals surface area contributed by atoms with Crippen molar-refractivity contribution in [2.45, 2.75) is 35.4 Å². The van der Waals surface area contributed by atoms with Crippen LogP contribution in [0.5, 0.6) is 11.5 Å². The molecule has 1 N–H and O–H groups in total. The number of para-hydroxylation sites is 1. The van der Waals surface area contributed by atoms with Crippen LogP contribution in [0.2, 0.25) is 0 Å². The molecule has 7 atom stereocenters. The smallest absolute Gasteiger partial charge is 0.418 e. The van der Waals surface area contributed by atoms with Crippen molar-refractivity contribution in [2.75, 3.05) is 12.0 Å². The molecule has 0 unspecified atom stereocenters. The number of aromatic nitrogens is 1. The number of nitrogens with one attached hydrogen (secondary N) is 1. The molecule has 2 amide bonds. The molecule has 2 aliphatic heterocycles. The topological polar surface area (TPSA) is 88.7 Å². The number of carbonyl (C=O) groups excluding carboxylic acids is 2. The monoisotopic (exact) mass is 664 g/mol. The second kappa shape index (κ2) is 10.8. The fourth-order valence-corrected chi connectivity index (χ4v) is 11.2. The number of hydrogen-bond acceptors (Lipinski definition) is 7. The number of methoxy groups -OCH3 is 1. The minimum atomic E-state index is -4.72. The van der Waals surface area contributed by atoms with E-state index < -0.39 is 41.1 Å². The first kappa shape index (κ1) is 29.4. The number of carbonyl (C=O) groups is 2. The summed E-state index contributed by atoms with van der Waals surface area (Å²) in [6, 6.07) is 20.2. The van der Waals surface area contributed by atoms with Crippen molar-refractivity contribution in [2.24, 2.45) is 29.6 Å². The summed E-state index contributed by atoms with van der Waals surface area (Å²) < 4.78 is 53.7. The van der Waals surface area contributed by atoms with Crippen LogP contribution < -0.4 is 19.2 Å². The minimum Gasteiger partial charge on any atom is -0.493 e. The van der Waals surface area contributed by atoms with Crippen molar-refractivity contribution in [3.05, 3.63) is 104 Å². The van der Waals surface area contributed by atoms with Crippen molar-refractivity contribution in [1.29, 1.82) is 0 Å². The third-order valence-electron chi connectivity index (χ3n) is 9.96. The number of H-pyrrole nitrogens is 1. The highest BCUT2D eigenvalue weighted by molar-refractivity contribution is 8.00. The summed E-state index contributed by atoms with van der Waals surface area (Å²) in [6.45, 7) is 0.349. The van der Waals surface area contributed by atoms with Crippen LogP contribution in [0.4, 0.5) is 18.9 Å². The lowest BCUT2D eigenvalue weighted by Crippen LogP contribution is -2.42. The maximum atomic E-state index is 14.0. The van der Waals surface area contributed by atoms with Gasteiger partial charge in [-0.1, -0.05) is 59.9 Å². The second-order valence-electron chi connectivity index (χ2n) is 12.2. The molecule has 2 aliphatic carbocycles. The molecule has 0 radical (unpaired) electrons. The molecule has 4 aliphatic rings. The van der Waals surface area contributed by atoms with Gasteiger partial charge in [-0.15, -0.1) is 11.8 Å². The van der Waals surface area contributed by atoms with E-state index in [4.69, 9.17) is 9.47 Å². The molecule has 2 saturated carbocycles. The number of hydrogen-bond donors (Lipinski definition) is 1. The standard InChI is InChI=1S/C34H27F3N2O5S2/c1-43-23-13-17(11-12-22(23)44-15-16-7-3-2-4-8-16)24-25-18-14-19(28(25)45-30-29(24)46-33(42)38-30)27-26(18)31(40)39(32(27)41)21-10-6-5-9-20(21)34(35,36)37/h2-13,18-19,24-28H,14-15H2,1H3,(H,38,42)/t18-,19-,24+,25+,26+,27+,28-/m1/s1. The molecule has 236 valence electrons. The van der Waals surface area contributed by atoms with E-state index in [1.54, 1.807) is 7.11 Å². The van der Waals surface area contributed by atoms with Crippen LogP contribution in [0.3, 0.4) is 0 Å². The van der Waals surface area contributed by atoms with Gasteiger partial charge in [0.15, 0.2) is 11.5 Å². The Morgan fingerprint density at radius 1 is 0.913 bits per heavy atom. The number of thioether (sulfide) groups is 1. The first-order valence-electron chi connectivity index (χ1n) is 14.9. The molecule has 0 spiro atoms. The summed E-state index contributed by atoms with van der Waals surface area (Å²) >= 11 is 2.65. The van der Waals surface area contributed by atoms with Gasteiger partial charge >= 0.3 is 11.0 Å². The van der Waals surface area contributed by atoms with Gasteiger partial charge in [0.05, 0.1) is 35.2 Å². The van der Waals surface area contributed by atoms with E-state index in [-0.39, 0.29) is 33.8 Å². The summed E-state index contributed by atoms with van der Waals surface area (Å²) in [7, 11) is 1.56. The number of anilines is 1. The number of fused-ring (bicyclic) bond motifs is 9. The van der Waals surface area contributed by atoms with Crippen molar-refractivity contribution in [3.63, 3.8) is 0 Å². The van der Waals surface area contributed by atoms with Gasteiger partial charge in [-0.25, -0.2) is 4.90 Å². The number of amides is 2. The van der Waals surface area contributed by atoms with Gasteiger partial charge in [0.1, 0.15) is 6.61 Å². The molecule has 2 bridgehead atoms. The Kier molecular flexibility index (Phi) is 6.88. The van der Waals surface area contributed by atoms with Crippen LogP contribution in [0.15, 0.2) is 82.6 Å². The molecule has 1 aromatic heterocycles. The second-order valence-corrected chi connectivity index (χ2v) is 14.4. The van der Waals surface area contributed by atoms with Crippen LogP contribution in [-0.2, 0) is 22.4 Å². The SMILES string of the molecule is COc1cc([C@@H]2c3sc(=O)[nH]c3S[C@@H]3[C@@H]4C[C@@H]([C@@H]5C(=O)N(c6ccccc6C(F)(F)F)C(=O)[C@@H]45)[C@@H]23)ccc1OCc1ccccc1. The molecule has 7 nitrogen and oxygen atoms in total. The van der Waals surface area contributed by atoms with Gasteiger partial charge < -0.3 is 14.5 Å². The number of nitrogens with zero attached hydrogens (tertiary/aromatic N) is 1. The largest absolute Gasteiger partial charge is 0.493 e. The van der Waals surface area contributed by atoms with Crippen molar-refractivity contribution in [1.82, 2.24) is 4.98 Å². The molecule has 3 fully saturated rings. The fourth-order valence-electron chi connectivity index (χ4n) is 8.27. The van der Waals surface area contributed by atoms with Crippen molar-refractivity contribution >= 4 is 40.6 Å². The van der Waals surface area contributed by atoms with Crippen molar-refractivity contribution < 1.29 is 32.2 Å². The minimum absolute atomic E-state index is 0.108. The number of alkyl halides is 3. The highest BCUT2D eigenvalue weighted by Gasteiger charge is 2.70. The molecular formula is C34H27F3N2O5S2. The number of thiazole rings is 1. The molecule has 3 aromatic carbocycles. The summed E-state index contributed by atoms with van der Waals surface area (Å²) in [5.74, 6) is -2.36. The van der Waals surface area contributed by atoms with Gasteiger partial charge in [-0.05, 0) is 59.6 Å². The van der Waals surface area contributed by atoms with Crippen LogP contribution in [-0.4, -0.2) is 29.2 Å². The van der Waals surface area contributed by atoms with E-state index in [1.165, 1.54) is 30.0 Å². The zero-order valence-corrected chi connectivity index (χ0v) is 26.0. The predicted octanol–water partition coefficient (Wildman–Crippen LogP) is 6.72. The molecule has 46 heavy (non-hydrogen) atoms. The Hall–Kier alpha value is -4.03. The Morgan fingerprint density at radius 2 is 1.63 bits per heavy atom. The summed E-state index contributed by atoms with van der Waals surface area (Å²) in [5.41, 5.74) is 0.470. The summed E-state index contributed by atoms with van der Waals surface area (Å²) in [6.07, 6.45) is -4.10. The van der Waals surface area contributed by atoms with Crippen LogP contribution in [0.25, 0.3) is 0 Å². The van der Waals surface area contributed by atoms with E-state index in [9.17, 15) is 27.6 Å². The van der Waals surface area contributed by atoms with Crippen molar-refractivity contribution in [3.8, 4) is 11.5 Å². The van der Waals surface area contributed by atoms with Crippen LogP contribution in [0, 0.1) is 29.6 Å². The average Bonchev–Trinajstić information content (AvgIpc) is 3.78. The molecular weight excluding hydrogens is 638 g/mol. The van der Waals surface area contributed by atoms with Crippen LogP contribution in [0.1, 0.15) is 33.9 Å². The van der Waals surface area contributed by atoms with Gasteiger partial charge in [0.2, 0.25) is 11.8 Å². The maximum absolute atomic E-state index is 14.0. The zero-order valence-electron chi connectivity index (χ0n) is 24.3. The van der Waals surface area contributed by atoms with Gasteiger partial charge in [0.25, 0.3) is 0 Å². The normalized spacial score (nSPS) is 27.8. The third-order valence-corrected chi connectivity index (χ3v) is 12.5. The first-order chi connectivity index (χ1) is 22.2. The van der Waals surface area contributed by atoms with E-state index in [0.29, 0.717) is 24.5 Å². The average molecular weight is 665 g/mol.